The lowest BCUT2D eigenvalue weighted by Gasteiger charge is -2.12. The van der Waals surface area contributed by atoms with Crippen LogP contribution < -0.4 is 11.1 Å². The predicted molar refractivity (Wildman–Crippen MR) is 73.0 cm³/mol. The number of amides is 1. The molecule has 1 aromatic carbocycles. The number of hydrogen-bond acceptors (Lipinski definition) is 4. The summed E-state index contributed by atoms with van der Waals surface area (Å²) in [7, 11) is 0. The van der Waals surface area contributed by atoms with Crippen LogP contribution in [0, 0.1) is 0 Å². The third kappa shape index (κ3) is 2.64. The average molecular weight is 288 g/mol. The molecule has 1 atom stereocenters. The molecule has 0 bridgehead atoms. The molecule has 2 aromatic heterocycles. The van der Waals surface area contributed by atoms with Gasteiger partial charge in [-0.15, -0.1) is 5.10 Å². The second kappa shape index (κ2) is 5.16. The van der Waals surface area contributed by atoms with Gasteiger partial charge in [-0.1, -0.05) is 18.2 Å². The first-order chi connectivity index (χ1) is 10.1. The van der Waals surface area contributed by atoms with Crippen molar-refractivity contribution in [1.29, 1.82) is 0 Å². The lowest BCUT2D eigenvalue weighted by atomic mass is 10.1. The van der Waals surface area contributed by atoms with Crippen LogP contribution in [0.2, 0.25) is 0 Å². The number of nitrogens with zero attached hydrogens (tertiary/aromatic N) is 1. The van der Waals surface area contributed by atoms with Crippen LogP contribution in [-0.4, -0.2) is 26.4 Å². The molecule has 21 heavy (non-hydrogen) atoms. The topological polar surface area (TPSA) is 124 Å². The molecule has 3 rings (SSSR count). The highest BCUT2D eigenvalue weighted by Crippen LogP contribution is 2.23. The number of benzene rings is 1. The van der Waals surface area contributed by atoms with E-state index in [1.807, 2.05) is 24.3 Å². The SMILES string of the molecule is O=C(O)NC(Cc1c[nH]c2ccccc12)c1n[nH]c(=O)o1. The number of aromatic amines is 2. The maximum absolute atomic E-state index is 11.0. The van der Waals surface area contributed by atoms with Gasteiger partial charge in [0, 0.05) is 23.5 Å². The molecule has 108 valence electrons. The van der Waals surface area contributed by atoms with Crippen molar-refractivity contribution in [2.75, 3.05) is 0 Å². The molecule has 0 saturated heterocycles. The van der Waals surface area contributed by atoms with Crippen molar-refractivity contribution >= 4 is 17.0 Å². The van der Waals surface area contributed by atoms with E-state index in [0.717, 1.165) is 16.5 Å². The monoisotopic (exact) mass is 288 g/mol. The van der Waals surface area contributed by atoms with Gasteiger partial charge in [0.2, 0.25) is 5.89 Å². The molecule has 0 radical (unpaired) electrons. The molecule has 4 N–H and O–H groups in total. The summed E-state index contributed by atoms with van der Waals surface area (Å²) in [5.41, 5.74) is 1.85. The van der Waals surface area contributed by atoms with Crippen molar-refractivity contribution in [3.05, 3.63) is 52.5 Å². The van der Waals surface area contributed by atoms with Crippen LogP contribution in [0.5, 0.6) is 0 Å². The Morgan fingerprint density at radius 1 is 1.43 bits per heavy atom. The molecule has 2 heterocycles. The minimum Gasteiger partial charge on any atom is -0.465 e. The Kier molecular flexibility index (Phi) is 3.19. The zero-order valence-electron chi connectivity index (χ0n) is 10.8. The maximum Gasteiger partial charge on any atom is 0.434 e. The molecular weight excluding hydrogens is 276 g/mol. The van der Waals surface area contributed by atoms with Crippen LogP contribution in [0.4, 0.5) is 4.79 Å². The summed E-state index contributed by atoms with van der Waals surface area (Å²) in [5, 5.41) is 18.0. The van der Waals surface area contributed by atoms with Gasteiger partial charge in [0.05, 0.1) is 0 Å². The number of para-hydroxylation sites is 1. The fourth-order valence-corrected chi connectivity index (χ4v) is 2.26. The molecule has 0 aliphatic heterocycles. The summed E-state index contributed by atoms with van der Waals surface area (Å²) < 4.78 is 4.85. The van der Waals surface area contributed by atoms with E-state index in [2.05, 4.69) is 20.5 Å². The molecule has 3 aromatic rings. The zero-order chi connectivity index (χ0) is 14.8. The maximum atomic E-state index is 11.0. The number of hydrogen-bond donors (Lipinski definition) is 4. The molecular formula is C13H12N4O4. The van der Waals surface area contributed by atoms with Crippen LogP contribution in [0.15, 0.2) is 39.7 Å². The first-order valence-corrected chi connectivity index (χ1v) is 6.23. The third-order valence-corrected chi connectivity index (χ3v) is 3.15. The van der Waals surface area contributed by atoms with Crippen molar-refractivity contribution in [2.45, 2.75) is 12.5 Å². The molecule has 0 aliphatic rings. The zero-order valence-corrected chi connectivity index (χ0v) is 10.8. The Morgan fingerprint density at radius 2 is 2.24 bits per heavy atom. The largest absolute Gasteiger partial charge is 0.465 e. The van der Waals surface area contributed by atoms with E-state index in [4.69, 9.17) is 9.52 Å². The number of aromatic nitrogens is 3. The van der Waals surface area contributed by atoms with E-state index < -0.39 is 17.9 Å². The first-order valence-electron chi connectivity index (χ1n) is 6.23. The van der Waals surface area contributed by atoms with E-state index >= 15 is 0 Å². The molecule has 0 fully saturated rings. The Labute approximate surface area is 117 Å². The van der Waals surface area contributed by atoms with Crippen molar-refractivity contribution in [3.63, 3.8) is 0 Å². The van der Waals surface area contributed by atoms with Gasteiger partial charge in [0.25, 0.3) is 0 Å². The van der Waals surface area contributed by atoms with Crippen LogP contribution >= 0.6 is 0 Å². The van der Waals surface area contributed by atoms with Gasteiger partial charge in [-0.2, -0.15) is 0 Å². The molecule has 0 aliphatic carbocycles. The highest BCUT2D eigenvalue weighted by molar-refractivity contribution is 5.83. The molecule has 1 amide bonds. The highest BCUT2D eigenvalue weighted by atomic mass is 16.4. The lowest BCUT2D eigenvalue weighted by molar-refractivity contribution is 0.187. The van der Waals surface area contributed by atoms with Crippen LogP contribution in [0.25, 0.3) is 10.9 Å². The first kappa shape index (κ1) is 13.0. The van der Waals surface area contributed by atoms with Crippen LogP contribution in [-0.2, 0) is 6.42 Å². The second-order valence-electron chi connectivity index (χ2n) is 4.52. The van der Waals surface area contributed by atoms with E-state index in [1.54, 1.807) is 6.20 Å². The van der Waals surface area contributed by atoms with Gasteiger partial charge in [-0.3, -0.25) is 0 Å². The van der Waals surface area contributed by atoms with E-state index in [1.165, 1.54) is 0 Å². The van der Waals surface area contributed by atoms with Gasteiger partial charge >= 0.3 is 11.8 Å². The molecule has 8 nitrogen and oxygen atoms in total. The van der Waals surface area contributed by atoms with Crippen molar-refractivity contribution < 1.29 is 14.3 Å². The molecule has 8 heteroatoms. The molecule has 0 spiro atoms. The van der Waals surface area contributed by atoms with Gasteiger partial charge in [0.1, 0.15) is 6.04 Å². The summed E-state index contributed by atoms with van der Waals surface area (Å²) in [6, 6.07) is 6.91. The number of nitrogens with one attached hydrogen (secondary N) is 3. The number of carboxylic acid groups (broad SMARTS) is 1. The number of rotatable bonds is 4. The Morgan fingerprint density at radius 3 is 2.95 bits per heavy atom. The van der Waals surface area contributed by atoms with Crippen LogP contribution in [0.1, 0.15) is 17.5 Å². The quantitative estimate of drug-likeness (QED) is 0.577. The van der Waals surface area contributed by atoms with Gasteiger partial charge in [0.15, 0.2) is 0 Å². The Balaban J connectivity index is 1.94. The second-order valence-corrected chi connectivity index (χ2v) is 4.52. The van der Waals surface area contributed by atoms with Gasteiger partial charge in [-0.05, 0) is 11.6 Å². The smallest absolute Gasteiger partial charge is 0.434 e. The average Bonchev–Trinajstić information content (AvgIpc) is 3.05. The number of H-pyrrole nitrogens is 2. The fraction of sp³-hybridized carbons (Fsp3) is 0.154. The van der Waals surface area contributed by atoms with E-state index in [9.17, 15) is 9.59 Å². The van der Waals surface area contributed by atoms with Crippen molar-refractivity contribution in [3.8, 4) is 0 Å². The summed E-state index contributed by atoms with van der Waals surface area (Å²) in [6.45, 7) is 0. The number of fused-ring (bicyclic) bond motifs is 1. The summed E-state index contributed by atoms with van der Waals surface area (Å²) in [5.74, 6) is -0.714. The minimum atomic E-state index is -1.22. The third-order valence-electron chi connectivity index (χ3n) is 3.15. The standard InChI is InChI=1S/C13H12N4O4/c18-12(19)15-10(11-16-17-13(20)21-11)5-7-6-14-9-4-2-1-3-8(7)9/h1-4,6,10,14-15H,5H2,(H,17,20)(H,18,19). The van der Waals surface area contributed by atoms with Crippen molar-refractivity contribution in [2.24, 2.45) is 0 Å². The Hall–Kier alpha value is -3.03. The van der Waals surface area contributed by atoms with Gasteiger partial charge < -0.3 is 19.8 Å². The Bertz CT molecular complexity index is 832. The summed E-state index contributed by atoms with van der Waals surface area (Å²) in [4.78, 5) is 25.0. The highest BCUT2D eigenvalue weighted by Gasteiger charge is 2.21. The molecule has 1 unspecified atom stereocenters. The predicted octanol–water partition coefficient (Wildman–Crippen LogP) is 1.40. The van der Waals surface area contributed by atoms with E-state index in [0.29, 0.717) is 6.42 Å². The minimum absolute atomic E-state index is 0.00711. The van der Waals surface area contributed by atoms with Gasteiger partial charge in [-0.25, -0.2) is 14.7 Å². The summed E-state index contributed by atoms with van der Waals surface area (Å²) in [6.07, 6.45) is 0.890. The molecule has 0 saturated carbocycles. The lowest BCUT2D eigenvalue weighted by Crippen LogP contribution is -2.28. The fourth-order valence-electron chi connectivity index (χ4n) is 2.26. The van der Waals surface area contributed by atoms with Crippen LogP contribution in [0.3, 0.4) is 0 Å². The van der Waals surface area contributed by atoms with Crippen molar-refractivity contribution in [1.82, 2.24) is 20.5 Å². The van der Waals surface area contributed by atoms with E-state index in [-0.39, 0.29) is 5.89 Å². The number of carbonyl (C=O) groups is 1. The normalized spacial score (nSPS) is 12.4. The summed E-state index contributed by atoms with van der Waals surface area (Å²) >= 11 is 0.